The van der Waals surface area contributed by atoms with Crippen molar-refractivity contribution in [2.24, 2.45) is 0 Å². The van der Waals surface area contributed by atoms with Gasteiger partial charge in [-0.3, -0.25) is 0 Å². The maximum Gasteiger partial charge on any atom is 0.417 e. The summed E-state index contributed by atoms with van der Waals surface area (Å²) in [5.74, 6) is 0.880. The molecule has 0 unspecified atom stereocenters. The lowest BCUT2D eigenvalue weighted by Crippen LogP contribution is -2.12. The van der Waals surface area contributed by atoms with Crippen LogP contribution in [0.25, 0.3) is 110 Å². The van der Waals surface area contributed by atoms with Gasteiger partial charge in [-0.25, -0.2) is 24.6 Å². The third kappa shape index (κ3) is 6.16. The summed E-state index contributed by atoms with van der Waals surface area (Å²) in [5, 5.41) is 3.13. The normalized spacial score (nSPS) is 11.6. The monoisotopic (exact) mass is 833 g/mol. The van der Waals surface area contributed by atoms with E-state index < -0.39 is 11.7 Å². The number of fused-ring (bicyclic) bond motifs is 6. The van der Waals surface area contributed by atoms with Crippen LogP contribution in [-0.4, -0.2) is 24.1 Å². The van der Waals surface area contributed by atoms with Crippen LogP contribution in [0.2, 0.25) is 0 Å². The van der Waals surface area contributed by atoms with E-state index in [9.17, 15) is 0 Å². The number of hydrogen-bond donors (Lipinski definition) is 0. The Bertz CT molecular complexity index is 3690. The van der Waals surface area contributed by atoms with E-state index in [1.165, 1.54) is 6.07 Å². The molecule has 3 aromatic heterocycles. The van der Waals surface area contributed by atoms with Crippen LogP contribution >= 0.6 is 0 Å². The van der Waals surface area contributed by atoms with Crippen LogP contribution in [-0.2, 0) is 6.18 Å². The van der Waals surface area contributed by atoms with Crippen molar-refractivity contribution < 1.29 is 13.2 Å². The molecule has 0 fully saturated rings. The molecule has 7 nitrogen and oxygen atoms in total. The van der Waals surface area contributed by atoms with Gasteiger partial charge in [-0.2, -0.15) is 13.2 Å². The van der Waals surface area contributed by atoms with Gasteiger partial charge < -0.3 is 9.13 Å². The molecule has 0 N–H and O–H groups in total. The summed E-state index contributed by atoms with van der Waals surface area (Å²) in [6, 6.07) is 54.5. The Kier molecular flexibility index (Phi) is 8.89. The summed E-state index contributed by atoms with van der Waals surface area (Å²) in [6.07, 6.45) is -4.83. The topological polar surface area (TPSA) is 57.2 Å². The molecule has 0 amide bonds. The number of nitrogens with zero attached hydrogens (tertiary/aromatic N) is 7. The van der Waals surface area contributed by atoms with Gasteiger partial charge in [0.05, 0.1) is 52.1 Å². The van der Waals surface area contributed by atoms with Crippen LogP contribution in [0, 0.1) is 13.1 Å². The Morgan fingerprint density at radius 3 is 1.34 bits per heavy atom. The predicted octanol–water partition coefficient (Wildman–Crippen LogP) is 14.9. The predicted molar refractivity (Wildman–Crippen MR) is 248 cm³/mol. The summed E-state index contributed by atoms with van der Waals surface area (Å²) >= 11 is 0. The van der Waals surface area contributed by atoms with Crippen molar-refractivity contribution in [2.75, 3.05) is 0 Å². The van der Waals surface area contributed by atoms with Gasteiger partial charge in [-0.05, 0) is 65.4 Å². The second-order valence-corrected chi connectivity index (χ2v) is 15.3. The lowest BCUT2D eigenvalue weighted by molar-refractivity contribution is -0.137. The number of hydrogen-bond acceptors (Lipinski definition) is 3. The van der Waals surface area contributed by atoms with E-state index in [4.69, 9.17) is 28.1 Å². The van der Waals surface area contributed by atoms with Gasteiger partial charge in [0.15, 0.2) is 28.8 Å². The minimum Gasteiger partial charge on any atom is -0.309 e. The molecule has 0 aliphatic rings. The van der Waals surface area contributed by atoms with Gasteiger partial charge in [0.1, 0.15) is 0 Å². The Balaban J connectivity index is 1.34. The molecule has 0 saturated heterocycles. The maximum atomic E-state index is 16.1. The molecule has 64 heavy (non-hydrogen) atoms. The molecule has 3 heterocycles. The molecular formula is C54H30F3N7. The highest BCUT2D eigenvalue weighted by molar-refractivity contribution is 6.13. The van der Waals surface area contributed by atoms with Gasteiger partial charge in [0, 0.05) is 38.6 Å². The molecule has 11 rings (SSSR count). The summed E-state index contributed by atoms with van der Waals surface area (Å²) in [6.45, 7) is 15.6. The van der Waals surface area contributed by atoms with E-state index in [0.717, 1.165) is 33.1 Å². The standard InChI is InChI=1S/C54H30F3N7/c1-58-35-27-29-45-40(31-35)37-19-9-11-23-43(37)63(45)47-25-13-21-39(53-61-51(33-15-5-3-6-16-33)60-52(62-53)34-17-7-4-8-18-34)49(47)50-42(54(55,56)57)22-14-26-48(50)64-44-24-12-10-20-38(44)41-32-36(59-2)28-30-46(41)64/h3-32H. The van der Waals surface area contributed by atoms with Gasteiger partial charge >= 0.3 is 6.18 Å². The molecule has 8 aromatic carbocycles. The van der Waals surface area contributed by atoms with Gasteiger partial charge in [0.2, 0.25) is 0 Å². The summed E-state index contributed by atoms with van der Waals surface area (Å²) in [4.78, 5) is 22.5. The van der Waals surface area contributed by atoms with E-state index in [1.54, 1.807) is 36.4 Å². The van der Waals surface area contributed by atoms with Gasteiger partial charge in [0.25, 0.3) is 0 Å². The molecule has 10 heteroatoms. The summed E-state index contributed by atoms with van der Waals surface area (Å²) in [7, 11) is 0. The number of benzene rings is 8. The molecular weight excluding hydrogens is 804 g/mol. The van der Waals surface area contributed by atoms with Crippen LogP contribution < -0.4 is 0 Å². The first-order valence-electron chi connectivity index (χ1n) is 20.3. The average Bonchev–Trinajstić information content (AvgIpc) is 3.85. The van der Waals surface area contributed by atoms with Crippen molar-refractivity contribution in [1.82, 2.24) is 24.1 Å². The van der Waals surface area contributed by atoms with Crippen LogP contribution in [0.1, 0.15) is 5.56 Å². The fourth-order valence-electron chi connectivity index (χ4n) is 8.91. The molecule has 0 atom stereocenters. The third-order valence-electron chi connectivity index (χ3n) is 11.6. The van der Waals surface area contributed by atoms with Crippen molar-refractivity contribution >= 4 is 55.0 Å². The van der Waals surface area contributed by atoms with Crippen LogP contribution in [0.3, 0.4) is 0 Å². The van der Waals surface area contributed by atoms with E-state index in [2.05, 4.69) is 9.69 Å². The zero-order chi connectivity index (χ0) is 43.5. The first-order valence-corrected chi connectivity index (χ1v) is 20.3. The molecule has 11 aromatic rings. The first-order chi connectivity index (χ1) is 31.3. The highest BCUT2D eigenvalue weighted by Crippen LogP contribution is 2.49. The maximum absolute atomic E-state index is 16.1. The van der Waals surface area contributed by atoms with Crippen LogP contribution in [0.5, 0.6) is 0 Å². The quantitative estimate of drug-likeness (QED) is 0.157. The van der Waals surface area contributed by atoms with E-state index in [-0.39, 0.29) is 22.6 Å². The Hall–Kier alpha value is -8.86. The van der Waals surface area contributed by atoms with Crippen molar-refractivity contribution in [3.8, 4) is 56.7 Å². The lowest BCUT2D eigenvalue weighted by atomic mass is 9.90. The molecule has 0 radical (unpaired) electrons. The Morgan fingerprint density at radius 1 is 0.406 bits per heavy atom. The Labute approximate surface area is 364 Å². The molecule has 0 aliphatic heterocycles. The fraction of sp³-hybridized carbons (Fsp3) is 0.0185. The number of halogens is 3. The zero-order valence-corrected chi connectivity index (χ0v) is 33.6. The van der Waals surface area contributed by atoms with E-state index >= 15 is 13.2 Å². The van der Waals surface area contributed by atoms with Crippen molar-refractivity contribution in [2.45, 2.75) is 6.18 Å². The molecule has 0 aliphatic carbocycles. The third-order valence-corrected chi connectivity index (χ3v) is 11.6. The van der Waals surface area contributed by atoms with Gasteiger partial charge in [-0.15, -0.1) is 0 Å². The number of rotatable bonds is 6. The summed E-state index contributed by atoms with van der Waals surface area (Å²) < 4.78 is 52.2. The smallest absolute Gasteiger partial charge is 0.309 e. The number of aromatic nitrogens is 5. The lowest BCUT2D eigenvalue weighted by Gasteiger charge is -2.24. The molecule has 0 spiro atoms. The molecule has 302 valence electrons. The van der Waals surface area contributed by atoms with E-state index in [1.807, 2.05) is 143 Å². The van der Waals surface area contributed by atoms with Crippen molar-refractivity contribution in [3.63, 3.8) is 0 Å². The number of para-hydroxylation sites is 2. The van der Waals surface area contributed by atoms with Crippen LogP contribution in [0.4, 0.5) is 24.5 Å². The highest BCUT2D eigenvalue weighted by Gasteiger charge is 2.38. The highest BCUT2D eigenvalue weighted by atomic mass is 19.4. The minimum atomic E-state index is -4.83. The largest absolute Gasteiger partial charge is 0.417 e. The van der Waals surface area contributed by atoms with E-state index in [0.29, 0.717) is 62.0 Å². The second kappa shape index (κ2) is 14.9. The average molecular weight is 834 g/mol. The molecule has 0 bridgehead atoms. The van der Waals surface area contributed by atoms with Crippen molar-refractivity contribution in [1.29, 1.82) is 0 Å². The summed E-state index contributed by atoms with van der Waals surface area (Å²) in [5.41, 5.74) is 5.33. The second-order valence-electron chi connectivity index (χ2n) is 15.3. The SMILES string of the molecule is [C-]#[N+]c1ccc2c(c1)c1ccccc1n2-c1cccc(-c2nc(-c3ccccc3)nc(-c3ccccc3)n2)c1-c1c(-n2c3ccccc3c3cc([N+]#[C-])ccc32)cccc1C(F)(F)F. The number of alkyl halides is 3. The Morgan fingerprint density at radius 2 is 0.844 bits per heavy atom. The molecule has 0 saturated carbocycles. The van der Waals surface area contributed by atoms with Gasteiger partial charge in [-0.1, -0.05) is 127 Å². The zero-order valence-electron chi connectivity index (χ0n) is 33.6. The van der Waals surface area contributed by atoms with Crippen molar-refractivity contribution in [3.05, 3.63) is 210 Å². The first kappa shape index (κ1) is 38.1. The van der Waals surface area contributed by atoms with Crippen LogP contribution in [0.15, 0.2) is 182 Å². The fourth-order valence-corrected chi connectivity index (χ4v) is 8.91. The minimum absolute atomic E-state index is 0.0934.